The first-order valence-corrected chi connectivity index (χ1v) is 19.7. The number of ether oxygens (including phenoxy) is 1. The largest absolute Gasteiger partial charge is 0.456 e. The molecule has 0 amide bonds. The van der Waals surface area contributed by atoms with Gasteiger partial charge in [-0.1, -0.05) is 170 Å². The number of rotatable bonds is 5. The molecule has 0 N–H and O–H groups in total. The van der Waals surface area contributed by atoms with Gasteiger partial charge < -0.3 is 9.30 Å². The first-order valence-electron chi connectivity index (χ1n) is 18.0. The zero-order valence-corrected chi connectivity index (χ0v) is 29.5. The van der Waals surface area contributed by atoms with Crippen molar-refractivity contribution in [1.29, 1.82) is 0 Å². The van der Waals surface area contributed by atoms with Crippen LogP contribution in [0.5, 0.6) is 11.5 Å². The lowest BCUT2D eigenvalue weighted by atomic mass is 9.65. The molecule has 1 spiro atoms. The molecule has 3 heteroatoms. The van der Waals surface area contributed by atoms with Crippen LogP contribution in [-0.2, 0) is 9.98 Å². The molecule has 10 rings (SSSR count). The van der Waals surface area contributed by atoms with E-state index in [0.29, 0.717) is 0 Å². The van der Waals surface area contributed by atoms with Crippen LogP contribution >= 0.6 is 7.14 Å². The monoisotopic (exact) mass is 686 g/mol. The van der Waals surface area contributed by atoms with Crippen molar-refractivity contribution in [3.8, 4) is 44.9 Å². The predicted octanol–water partition coefficient (Wildman–Crippen LogP) is 12.0. The molecule has 248 valence electrons. The fourth-order valence-electron chi connectivity index (χ4n) is 8.82. The lowest BCUT2D eigenvalue weighted by Gasteiger charge is -2.40. The normalized spacial score (nSPS) is 15.7. The van der Waals surface area contributed by atoms with Crippen LogP contribution in [0.2, 0.25) is 0 Å². The van der Waals surface area contributed by atoms with Gasteiger partial charge in [0.1, 0.15) is 11.5 Å². The molecular formula is C49H35O2P. The Kier molecular flexibility index (Phi) is 7.17. The molecule has 7 aromatic rings. The van der Waals surface area contributed by atoms with Crippen LogP contribution in [0, 0.1) is 0 Å². The van der Waals surface area contributed by atoms with Crippen molar-refractivity contribution in [2.24, 2.45) is 0 Å². The lowest BCUT2D eigenvalue weighted by molar-refractivity contribution is 0.438. The van der Waals surface area contributed by atoms with Crippen molar-refractivity contribution in [1.82, 2.24) is 0 Å². The van der Waals surface area contributed by atoms with Gasteiger partial charge in [-0.25, -0.2) is 0 Å². The summed E-state index contributed by atoms with van der Waals surface area (Å²) in [6.07, 6.45) is 7.96. The standard InChI is InChI=1S/C49H35O2P/c50-52(37-19-3-1-4-20-37,38-21-5-2-6-22-38)39-23-14-17-35(33-39)34-16-13-18-36(32-34)40-26-15-30-46-48(40)51-47-31-12-11-29-45(47)49(46)43-27-9-7-24-41(43)42-25-8-10-28-44(42)49/h1-5,7-21,23-33H,6,22H2. The summed E-state index contributed by atoms with van der Waals surface area (Å²) < 4.78 is 22.2. The molecule has 1 atom stereocenters. The maximum absolute atomic E-state index is 15.3. The van der Waals surface area contributed by atoms with E-state index in [1.54, 1.807) is 0 Å². The van der Waals surface area contributed by atoms with Crippen molar-refractivity contribution < 1.29 is 9.30 Å². The fourth-order valence-corrected chi connectivity index (χ4v) is 11.7. The molecule has 7 aromatic carbocycles. The Labute approximate surface area is 304 Å². The molecular weight excluding hydrogens is 652 g/mol. The summed E-state index contributed by atoms with van der Waals surface area (Å²) in [6, 6.07) is 59.8. The van der Waals surface area contributed by atoms with Crippen LogP contribution in [0.25, 0.3) is 33.4 Å². The average Bonchev–Trinajstić information content (AvgIpc) is 3.52. The average molecular weight is 687 g/mol. The Morgan fingerprint density at radius 3 is 1.83 bits per heavy atom. The highest BCUT2D eigenvalue weighted by Gasteiger charge is 2.51. The van der Waals surface area contributed by atoms with Crippen molar-refractivity contribution in [3.05, 3.63) is 216 Å². The van der Waals surface area contributed by atoms with E-state index in [1.165, 1.54) is 22.3 Å². The second-order valence-corrected chi connectivity index (χ2v) is 16.6. The van der Waals surface area contributed by atoms with E-state index in [-0.39, 0.29) is 0 Å². The van der Waals surface area contributed by atoms with E-state index >= 15 is 4.57 Å². The van der Waals surface area contributed by atoms with E-state index in [2.05, 4.69) is 152 Å². The first kappa shape index (κ1) is 30.8. The Morgan fingerprint density at radius 1 is 0.500 bits per heavy atom. The van der Waals surface area contributed by atoms with Gasteiger partial charge in [-0.2, -0.15) is 0 Å². The van der Waals surface area contributed by atoms with Crippen molar-refractivity contribution >= 4 is 17.8 Å². The topological polar surface area (TPSA) is 26.3 Å². The quantitative estimate of drug-likeness (QED) is 0.169. The number of hydrogen-bond acceptors (Lipinski definition) is 2. The molecule has 0 aromatic heterocycles. The molecule has 1 heterocycles. The van der Waals surface area contributed by atoms with Crippen molar-refractivity contribution in [2.45, 2.75) is 18.3 Å². The van der Waals surface area contributed by atoms with Gasteiger partial charge in [0.25, 0.3) is 0 Å². The molecule has 1 aliphatic heterocycles. The second-order valence-electron chi connectivity index (χ2n) is 13.8. The fraction of sp³-hybridized carbons (Fsp3) is 0.0612. The predicted molar refractivity (Wildman–Crippen MR) is 214 cm³/mol. The summed E-state index contributed by atoms with van der Waals surface area (Å²) in [6.45, 7) is 0. The first-order chi connectivity index (χ1) is 25.7. The summed E-state index contributed by atoms with van der Waals surface area (Å²) in [5.41, 5.74) is 11.1. The van der Waals surface area contributed by atoms with Gasteiger partial charge >= 0.3 is 0 Å². The number of para-hydroxylation sites is 2. The van der Waals surface area contributed by atoms with Gasteiger partial charge in [0, 0.05) is 27.3 Å². The molecule has 0 saturated carbocycles. The molecule has 2 aliphatic carbocycles. The van der Waals surface area contributed by atoms with Gasteiger partial charge in [-0.3, -0.25) is 0 Å². The van der Waals surface area contributed by atoms with Crippen LogP contribution in [-0.4, -0.2) is 0 Å². The molecule has 0 radical (unpaired) electrons. The number of fused-ring (bicyclic) bond motifs is 9. The van der Waals surface area contributed by atoms with Crippen molar-refractivity contribution in [3.63, 3.8) is 0 Å². The number of hydrogen-bond donors (Lipinski definition) is 0. The highest BCUT2D eigenvalue weighted by Crippen LogP contribution is 2.63. The van der Waals surface area contributed by atoms with Crippen LogP contribution in [0.15, 0.2) is 193 Å². The molecule has 3 aliphatic rings. The Morgan fingerprint density at radius 2 is 1.08 bits per heavy atom. The summed E-state index contributed by atoms with van der Waals surface area (Å²) in [5.74, 6) is 1.76. The van der Waals surface area contributed by atoms with E-state index in [4.69, 9.17) is 4.74 Å². The van der Waals surface area contributed by atoms with Gasteiger partial charge in [0.2, 0.25) is 0 Å². The Hall–Kier alpha value is -5.95. The van der Waals surface area contributed by atoms with Gasteiger partial charge in [0.15, 0.2) is 7.14 Å². The number of allylic oxidation sites excluding steroid dienone is 4. The SMILES string of the molecule is O=P(C1=CC=CCC1)(c1ccccc1)c1cccc(-c2cccc(-c3cccc4c3Oc3ccccc3C43c4ccccc4-c4ccccc43)c2)c1. The van der Waals surface area contributed by atoms with E-state index in [0.717, 1.165) is 73.6 Å². The van der Waals surface area contributed by atoms with Crippen LogP contribution in [0.1, 0.15) is 35.1 Å². The number of benzene rings is 7. The molecule has 1 unspecified atom stereocenters. The van der Waals surface area contributed by atoms with E-state index in [9.17, 15) is 0 Å². The van der Waals surface area contributed by atoms with Crippen LogP contribution in [0.3, 0.4) is 0 Å². The third-order valence-corrected chi connectivity index (χ3v) is 14.3. The van der Waals surface area contributed by atoms with Crippen molar-refractivity contribution in [2.75, 3.05) is 0 Å². The molecule has 0 bridgehead atoms. The summed E-state index contributed by atoms with van der Waals surface area (Å²) in [7, 11) is -3.04. The summed E-state index contributed by atoms with van der Waals surface area (Å²) in [4.78, 5) is 0. The third-order valence-electron chi connectivity index (χ3n) is 11.1. The minimum absolute atomic E-state index is 0.513. The Bertz CT molecular complexity index is 2600. The molecule has 2 nitrogen and oxygen atoms in total. The van der Waals surface area contributed by atoms with E-state index in [1.807, 2.05) is 36.4 Å². The summed E-state index contributed by atoms with van der Waals surface area (Å²) >= 11 is 0. The van der Waals surface area contributed by atoms with Crippen LogP contribution < -0.4 is 15.3 Å². The molecule has 0 fully saturated rings. The zero-order chi connectivity index (χ0) is 34.7. The van der Waals surface area contributed by atoms with Gasteiger partial charge in [-0.15, -0.1) is 0 Å². The maximum atomic E-state index is 15.3. The molecule has 52 heavy (non-hydrogen) atoms. The summed E-state index contributed by atoms with van der Waals surface area (Å²) in [5, 5.41) is 2.74. The van der Waals surface area contributed by atoms with E-state index < -0.39 is 12.6 Å². The maximum Gasteiger partial charge on any atom is 0.167 e. The second kappa shape index (κ2) is 12.1. The smallest absolute Gasteiger partial charge is 0.167 e. The lowest BCUT2D eigenvalue weighted by Crippen LogP contribution is -2.32. The van der Waals surface area contributed by atoms with Gasteiger partial charge in [-0.05, 0) is 75.3 Å². The Balaban J connectivity index is 1.14. The minimum Gasteiger partial charge on any atom is -0.456 e. The highest BCUT2D eigenvalue weighted by atomic mass is 31.2. The highest BCUT2D eigenvalue weighted by molar-refractivity contribution is 7.82. The van der Waals surface area contributed by atoms with Crippen LogP contribution in [0.4, 0.5) is 0 Å². The zero-order valence-electron chi connectivity index (χ0n) is 28.6. The minimum atomic E-state index is -3.04. The third kappa shape index (κ3) is 4.48. The van der Waals surface area contributed by atoms with Gasteiger partial charge in [0.05, 0.1) is 5.41 Å². The molecule has 0 saturated heterocycles.